The van der Waals surface area contributed by atoms with Crippen molar-refractivity contribution in [1.82, 2.24) is 5.32 Å². The second-order valence-electron chi connectivity index (χ2n) is 4.78. The Kier molecular flexibility index (Phi) is 7.94. The summed E-state index contributed by atoms with van der Waals surface area (Å²) >= 11 is 0. The molecular formula is C16H23NO4. The molecule has 0 bridgehead atoms. The highest BCUT2D eigenvalue weighted by molar-refractivity contribution is 5.75. The Hall–Kier alpha value is -2.04. The van der Waals surface area contributed by atoms with Crippen LogP contribution in [0.2, 0.25) is 0 Å². The van der Waals surface area contributed by atoms with Crippen molar-refractivity contribution in [2.24, 2.45) is 0 Å². The van der Waals surface area contributed by atoms with Crippen LogP contribution < -0.4 is 10.1 Å². The van der Waals surface area contributed by atoms with Crippen LogP contribution >= 0.6 is 0 Å². The fraction of sp³-hybridized carbons (Fsp3) is 0.500. The minimum absolute atomic E-state index is 0.0219. The Bertz CT molecular complexity index is 442. The van der Waals surface area contributed by atoms with E-state index in [2.05, 4.69) is 5.32 Å². The first kappa shape index (κ1) is 17.0. The molecule has 2 N–H and O–H groups in total. The molecule has 116 valence electrons. The van der Waals surface area contributed by atoms with Crippen LogP contribution in [0.25, 0.3) is 0 Å². The molecule has 0 aliphatic carbocycles. The van der Waals surface area contributed by atoms with E-state index in [1.54, 1.807) is 0 Å². The molecule has 1 rings (SSSR count). The van der Waals surface area contributed by atoms with Gasteiger partial charge < -0.3 is 15.2 Å². The van der Waals surface area contributed by atoms with Gasteiger partial charge >= 0.3 is 5.97 Å². The van der Waals surface area contributed by atoms with Crippen molar-refractivity contribution in [3.63, 3.8) is 0 Å². The first-order chi connectivity index (χ1) is 10.1. The van der Waals surface area contributed by atoms with Crippen LogP contribution in [0.5, 0.6) is 5.75 Å². The topological polar surface area (TPSA) is 75.6 Å². The first-order valence-electron chi connectivity index (χ1n) is 7.32. The van der Waals surface area contributed by atoms with Crippen molar-refractivity contribution in [1.29, 1.82) is 0 Å². The van der Waals surface area contributed by atoms with Gasteiger partial charge in [-0.25, -0.2) is 0 Å². The maximum Gasteiger partial charge on any atom is 0.303 e. The van der Waals surface area contributed by atoms with E-state index in [0.29, 0.717) is 26.0 Å². The SMILES string of the molecule is CCOc1ccc(CCCC(=O)NCCCC(=O)O)cc1. The highest BCUT2D eigenvalue weighted by Gasteiger charge is 2.03. The molecule has 0 heterocycles. The van der Waals surface area contributed by atoms with Crippen LogP contribution in [-0.4, -0.2) is 30.1 Å². The number of nitrogens with one attached hydrogen (secondary N) is 1. The molecule has 0 spiro atoms. The van der Waals surface area contributed by atoms with Gasteiger partial charge in [0.2, 0.25) is 5.91 Å². The van der Waals surface area contributed by atoms with Crippen LogP contribution in [0, 0.1) is 0 Å². The van der Waals surface area contributed by atoms with Gasteiger partial charge in [-0.2, -0.15) is 0 Å². The zero-order valence-corrected chi connectivity index (χ0v) is 12.4. The summed E-state index contributed by atoms with van der Waals surface area (Å²) in [5.74, 6) is 0.00324. The smallest absolute Gasteiger partial charge is 0.303 e. The van der Waals surface area contributed by atoms with Crippen LogP contribution in [-0.2, 0) is 16.0 Å². The van der Waals surface area contributed by atoms with E-state index in [1.807, 2.05) is 31.2 Å². The fourth-order valence-corrected chi connectivity index (χ4v) is 1.93. The molecule has 0 fully saturated rings. The fourth-order valence-electron chi connectivity index (χ4n) is 1.93. The molecule has 1 aromatic carbocycles. The molecule has 5 heteroatoms. The van der Waals surface area contributed by atoms with Crippen LogP contribution in [0.3, 0.4) is 0 Å². The first-order valence-corrected chi connectivity index (χ1v) is 7.32. The highest BCUT2D eigenvalue weighted by atomic mass is 16.5. The minimum Gasteiger partial charge on any atom is -0.494 e. The van der Waals surface area contributed by atoms with E-state index >= 15 is 0 Å². The molecule has 21 heavy (non-hydrogen) atoms. The second-order valence-corrected chi connectivity index (χ2v) is 4.78. The number of hydrogen-bond acceptors (Lipinski definition) is 3. The van der Waals surface area contributed by atoms with E-state index in [1.165, 1.54) is 5.56 Å². The number of ether oxygens (including phenoxy) is 1. The lowest BCUT2D eigenvalue weighted by Crippen LogP contribution is -2.24. The number of carbonyl (C=O) groups excluding carboxylic acids is 1. The zero-order chi connectivity index (χ0) is 15.5. The zero-order valence-electron chi connectivity index (χ0n) is 12.4. The third kappa shape index (κ3) is 7.97. The number of carboxylic acid groups (broad SMARTS) is 1. The summed E-state index contributed by atoms with van der Waals surface area (Å²) in [5, 5.41) is 11.2. The summed E-state index contributed by atoms with van der Waals surface area (Å²) in [5.41, 5.74) is 1.18. The van der Waals surface area contributed by atoms with Gasteiger partial charge in [-0.05, 0) is 43.9 Å². The van der Waals surface area contributed by atoms with E-state index < -0.39 is 5.97 Å². The number of aryl methyl sites for hydroxylation is 1. The van der Waals surface area contributed by atoms with Crippen LogP contribution in [0.4, 0.5) is 0 Å². The van der Waals surface area contributed by atoms with Crippen LogP contribution in [0.1, 0.15) is 38.2 Å². The number of aliphatic carboxylic acids is 1. The maximum atomic E-state index is 11.5. The van der Waals surface area contributed by atoms with Crippen LogP contribution in [0.15, 0.2) is 24.3 Å². The van der Waals surface area contributed by atoms with Gasteiger partial charge in [0.25, 0.3) is 0 Å². The molecule has 0 unspecified atom stereocenters. The molecule has 1 amide bonds. The summed E-state index contributed by atoms with van der Waals surface area (Å²) in [6.07, 6.45) is 2.64. The third-order valence-electron chi connectivity index (χ3n) is 2.99. The van der Waals surface area contributed by atoms with Gasteiger partial charge in [-0.15, -0.1) is 0 Å². The molecule has 0 radical (unpaired) electrons. The van der Waals surface area contributed by atoms with Crippen molar-refractivity contribution in [2.75, 3.05) is 13.2 Å². The number of benzene rings is 1. The molecular weight excluding hydrogens is 270 g/mol. The Morgan fingerprint density at radius 1 is 1.14 bits per heavy atom. The van der Waals surface area contributed by atoms with E-state index in [9.17, 15) is 9.59 Å². The quantitative estimate of drug-likeness (QED) is 0.649. The summed E-state index contributed by atoms with van der Waals surface area (Å²) in [7, 11) is 0. The van der Waals surface area contributed by atoms with Crippen molar-refractivity contribution in [3.8, 4) is 5.75 Å². The van der Waals surface area contributed by atoms with Crippen molar-refractivity contribution >= 4 is 11.9 Å². The monoisotopic (exact) mass is 293 g/mol. The lowest BCUT2D eigenvalue weighted by molar-refractivity contribution is -0.137. The molecule has 0 saturated carbocycles. The largest absolute Gasteiger partial charge is 0.494 e. The third-order valence-corrected chi connectivity index (χ3v) is 2.99. The molecule has 5 nitrogen and oxygen atoms in total. The lowest BCUT2D eigenvalue weighted by atomic mass is 10.1. The predicted octanol–water partition coefficient (Wildman–Crippen LogP) is 2.39. The summed E-state index contributed by atoms with van der Waals surface area (Å²) in [6.45, 7) is 3.03. The van der Waals surface area contributed by atoms with E-state index in [0.717, 1.165) is 18.6 Å². The second kappa shape index (κ2) is 9.80. The Morgan fingerprint density at radius 2 is 1.86 bits per heavy atom. The number of amides is 1. The minimum atomic E-state index is -0.834. The molecule has 0 aliphatic heterocycles. The van der Waals surface area contributed by atoms with Gasteiger partial charge in [0.1, 0.15) is 5.75 Å². The normalized spacial score (nSPS) is 10.1. The van der Waals surface area contributed by atoms with Gasteiger partial charge in [0, 0.05) is 19.4 Å². The summed E-state index contributed by atoms with van der Waals surface area (Å²) in [4.78, 5) is 21.9. The Morgan fingerprint density at radius 3 is 2.48 bits per heavy atom. The number of rotatable bonds is 10. The van der Waals surface area contributed by atoms with Gasteiger partial charge in [0.05, 0.1) is 6.61 Å². The number of carbonyl (C=O) groups is 2. The van der Waals surface area contributed by atoms with Crippen molar-refractivity contribution < 1.29 is 19.4 Å². The highest BCUT2D eigenvalue weighted by Crippen LogP contribution is 2.13. The van der Waals surface area contributed by atoms with Crippen molar-refractivity contribution in [3.05, 3.63) is 29.8 Å². The summed E-state index contributed by atoms with van der Waals surface area (Å²) < 4.78 is 5.37. The maximum absolute atomic E-state index is 11.5. The standard InChI is InChI=1S/C16H23NO4/c1-2-21-14-10-8-13(9-11-14)5-3-6-15(18)17-12-4-7-16(19)20/h8-11H,2-7,12H2,1H3,(H,17,18)(H,19,20). The summed E-state index contributed by atoms with van der Waals surface area (Å²) in [6, 6.07) is 7.89. The lowest BCUT2D eigenvalue weighted by Gasteiger charge is -2.06. The molecule has 0 atom stereocenters. The predicted molar refractivity (Wildman–Crippen MR) is 80.4 cm³/mol. The Labute approximate surface area is 125 Å². The van der Waals surface area contributed by atoms with E-state index in [4.69, 9.17) is 9.84 Å². The molecule has 0 saturated heterocycles. The average molecular weight is 293 g/mol. The number of carboxylic acids is 1. The number of hydrogen-bond donors (Lipinski definition) is 2. The van der Waals surface area contributed by atoms with Gasteiger partial charge in [0.15, 0.2) is 0 Å². The van der Waals surface area contributed by atoms with E-state index in [-0.39, 0.29) is 12.3 Å². The van der Waals surface area contributed by atoms with Gasteiger partial charge in [-0.1, -0.05) is 12.1 Å². The average Bonchev–Trinajstić information content (AvgIpc) is 2.46. The van der Waals surface area contributed by atoms with Crippen molar-refractivity contribution in [2.45, 2.75) is 39.0 Å². The molecule has 1 aromatic rings. The molecule has 0 aliphatic rings. The molecule has 0 aromatic heterocycles. The van der Waals surface area contributed by atoms with Gasteiger partial charge in [-0.3, -0.25) is 9.59 Å². The Balaban J connectivity index is 2.14.